The van der Waals surface area contributed by atoms with E-state index in [4.69, 9.17) is 23.7 Å². The van der Waals surface area contributed by atoms with Crippen LogP contribution in [0, 0.1) is 5.82 Å². The highest BCUT2D eigenvalue weighted by Gasteiger charge is 2.22. The molecule has 2 heterocycles. The number of oxazole rings is 1. The first-order chi connectivity index (χ1) is 17.9. The summed E-state index contributed by atoms with van der Waals surface area (Å²) in [5.41, 5.74) is 2.30. The fourth-order valence-corrected chi connectivity index (χ4v) is 4.38. The van der Waals surface area contributed by atoms with E-state index in [9.17, 15) is 9.18 Å². The summed E-state index contributed by atoms with van der Waals surface area (Å²) in [5, 5.41) is 12.1. The van der Waals surface area contributed by atoms with Gasteiger partial charge in [-0.15, -0.1) is 0 Å². The number of ether oxygens (including phenoxy) is 3. The number of piperidine rings is 1. The van der Waals surface area contributed by atoms with E-state index < -0.39 is 11.8 Å². The summed E-state index contributed by atoms with van der Waals surface area (Å²) in [6.45, 7) is 7.20. The summed E-state index contributed by atoms with van der Waals surface area (Å²) in [7, 11) is 0. The molecule has 3 aromatic rings. The Morgan fingerprint density at radius 2 is 1.84 bits per heavy atom. The lowest BCUT2D eigenvalue weighted by Crippen LogP contribution is -2.38. The number of halogens is 1. The van der Waals surface area contributed by atoms with Crippen molar-refractivity contribution in [3.63, 3.8) is 0 Å². The number of hydrogen-bond donors (Lipinski definition) is 2. The monoisotopic (exact) mass is 515 g/mol. The summed E-state index contributed by atoms with van der Waals surface area (Å²) in [6, 6.07) is 9.60. The number of nitrogens with one attached hydrogen (secondary N) is 1. The molecule has 200 valence electrons. The number of carboxylic acid groups (broad SMARTS) is 1. The van der Waals surface area contributed by atoms with E-state index in [1.54, 1.807) is 30.3 Å². The van der Waals surface area contributed by atoms with Crippen LogP contribution in [0.25, 0.3) is 11.1 Å². The van der Waals surface area contributed by atoms with Crippen LogP contribution >= 0.6 is 0 Å². The molecule has 0 atom stereocenters. The van der Waals surface area contributed by atoms with E-state index in [0.29, 0.717) is 55.7 Å². The molecule has 37 heavy (non-hydrogen) atoms. The highest BCUT2D eigenvalue weighted by atomic mass is 19.1. The standard InChI is InChI=1S/C27H34FN3O6/c1-3-34-23-14-18(15-24(26(23)28)35-4-2)17-31-11-9-19(10-12-31)29-27-30-21-16-20(7-8-22(21)37-27)36-13-5-6-25(32)33/h7-8,14-16,19H,3-6,9-13,17H2,1-2H3,(H,29,30)(H,32,33). The number of carboxylic acids is 1. The minimum atomic E-state index is -0.834. The van der Waals surface area contributed by atoms with E-state index in [1.807, 2.05) is 13.8 Å². The first kappa shape index (κ1) is 26.5. The predicted molar refractivity (Wildman–Crippen MR) is 137 cm³/mol. The van der Waals surface area contributed by atoms with Crippen molar-refractivity contribution in [2.24, 2.45) is 0 Å². The van der Waals surface area contributed by atoms with Crippen LogP contribution in [-0.2, 0) is 11.3 Å². The van der Waals surface area contributed by atoms with Gasteiger partial charge in [-0.25, -0.2) is 0 Å². The third-order valence-electron chi connectivity index (χ3n) is 6.15. The second kappa shape index (κ2) is 12.6. The topological polar surface area (TPSA) is 106 Å². The maximum atomic E-state index is 14.5. The van der Waals surface area contributed by atoms with Crippen molar-refractivity contribution in [2.75, 3.05) is 38.2 Å². The van der Waals surface area contributed by atoms with Gasteiger partial charge in [0.1, 0.15) is 11.3 Å². The number of fused-ring (bicyclic) bond motifs is 1. The van der Waals surface area contributed by atoms with Crippen molar-refractivity contribution in [3.05, 3.63) is 41.7 Å². The molecule has 10 heteroatoms. The molecule has 0 amide bonds. The third kappa shape index (κ3) is 7.25. The van der Waals surface area contributed by atoms with E-state index in [0.717, 1.165) is 31.5 Å². The molecule has 0 bridgehead atoms. The number of hydrogen-bond acceptors (Lipinski definition) is 8. The smallest absolute Gasteiger partial charge is 0.303 e. The van der Waals surface area contributed by atoms with Crippen molar-refractivity contribution in [1.29, 1.82) is 0 Å². The predicted octanol–water partition coefficient (Wildman–Crippen LogP) is 5.08. The highest BCUT2D eigenvalue weighted by molar-refractivity contribution is 5.76. The molecule has 0 saturated carbocycles. The fraction of sp³-hybridized carbons (Fsp3) is 0.481. The Balaban J connectivity index is 1.30. The van der Waals surface area contributed by atoms with Gasteiger partial charge in [0.2, 0.25) is 5.82 Å². The molecular formula is C27H34FN3O6. The second-order valence-corrected chi connectivity index (χ2v) is 8.96. The zero-order chi connectivity index (χ0) is 26.2. The van der Waals surface area contributed by atoms with Gasteiger partial charge in [-0.1, -0.05) is 0 Å². The summed E-state index contributed by atoms with van der Waals surface area (Å²) in [5.74, 6) is -0.203. The van der Waals surface area contributed by atoms with Crippen LogP contribution in [0.3, 0.4) is 0 Å². The first-order valence-corrected chi connectivity index (χ1v) is 12.8. The van der Waals surface area contributed by atoms with Crippen molar-refractivity contribution in [2.45, 2.75) is 52.1 Å². The summed E-state index contributed by atoms with van der Waals surface area (Å²) in [6.07, 6.45) is 2.34. The van der Waals surface area contributed by atoms with E-state index >= 15 is 0 Å². The van der Waals surface area contributed by atoms with Crippen LogP contribution in [0.15, 0.2) is 34.7 Å². The molecule has 0 radical (unpaired) electrons. The van der Waals surface area contributed by atoms with Gasteiger partial charge in [0.05, 0.1) is 19.8 Å². The Kier molecular flexibility index (Phi) is 9.05. The highest BCUT2D eigenvalue weighted by Crippen LogP contribution is 2.31. The van der Waals surface area contributed by atoms with Gasteiger partial charge in [0.15, 0.2) is 17.1 Å². The zero-order valence-electron chi connectivity index (χ0n) is 21.3. The number of aromatic nitrogens is 1. The molecule has 0 aliphatic carbocycles. The van der Waals surface area contributed by atoms with Gasteiger partial charge in [0.25, 0.3) is 6.01 Å². The SMILES string of the molecule is CCOc1cc(CN2CCC(Nc3nc4cc(OCCCC(=O)O)ccc4o3)CC2)cc(OCC)c1F. The van der Waals surface area contributed by atoms with Crippen molar-refractivity contribution in [1.82, 2.24) is 9.88 Å². The molecule has 1 saturated heterocycles. The molecule has 2 aromatic carbocycles. The quantitative estimate of drug-likeness (QED) is 0.301. The van der Waals surface area contributed by atoms with Crippen LogP contribution in [0.1, 0.15) is 45.1 Å². The summed E-state index contributed by atoms with van der Waals surface area (Å²) >= 11 is 0. The maximum absolute atomic E-state index is 14.5. The average Bonchev–Trinajstić information content (AvgIpc) is 3.27. The minimum Gasteiger partial charge on any atom is -0.493 e. The second-order valence-electron chi connectivity index (χ2n) is 8.96. The molecule has 1 fully saturated rings. The lowest BCUT2D eigenvalue weighted by molar-refractivity contribution is -0.137. The number of anilines is 1. The number of benzene rings is 2. The van der Waals surface area contributed by atoms with Gasteiger partial charge in [-0.05, 0) is 62.9 Å². The molecule has 0 spiro atoms. The van der Waals surface area contributed by atoms with Gasteiger partial charge < -0.3 is 29.1 Å². The molecule has 2 N–H and O–H groups in total. The van der Waals surface area contributed by atoms with Gasteiger partial charge in [-0.2, -0.15) is 9.37 Å². The Morgan fingerprint density at radius 1 is 1.14 bits per heavy atom. The van der Waals surface area contributed by atoms with Crippen molar-refractivity contribution in [3.8, 4) is 17.2 Å². The molecule has 1 aliphatic heterocycles. The molecule has 0 unspecified atom stereocenters. The molecule has 9 nitrogen and oxygen atoms in total. The number of likely N-dealkylation sites (tertiary alicyclic amines) is 1. The lowest BCUT2D eigenvalue weighted by Gasteiger charge is -2.32. The number of carbonyl (C=O) groups is 1. The third-order valence-corrected chi connectivity index (χ3v) is 6.15. The van der Waals surface area contributed by atoms with Crippen LogP contribution in [0.4, 0.5) is 10.4 Å². The van der Waals surface area contributed by atoms with Crippen LogP contribution in [-0.4, -0.2) is 59.9 Å². The number of aliphatic carboxylic acids is 1. The Labute approximate surface area is 215 Å². The van der Waals surface area contributed by atoms with Crippen LogP contribution in [0.5, 0.6) is 17.2 Å². The number of nitrogens with zero attached hydrogens (tertiary/aromatic N) is 2. The Bertz CT molecular complexity index is 1170. The summed E-state index contributed by atoms with van der Waals surface area (Å²) in [4.78, 5) is 17.5. The normalized spacial score (nSPS) is 14.6. The molecule has 1 aliphatic rings. The molecule has 4 rings (SSSR count). The Hall–Kier alpha value is -3.53. The van der Waals surface area contributed by atoms with Gasteiger partial charge >= 0.3 is 5.97 Å². The molecule has 1 aromatic heterocycles. The zero-order valence-corrected chi connectivity index (χ0v) is 21.3. The van der Waals surface area contributed by atoms with Crippen molar-refractivity contribution >= 4 is 23.1 Å². The van der Waals surface area contributed by atoms with Crippen LogP contribution in [0.2, 0.25) is 0 Å². The van der Waals surface area contributed by atoms with Crippen molar-refractivity contribution < 1.29 is 32.9 Å². The van der Waals surface area contributed by atoms with E-state index in [2.05, 4.69) is 15.2 Å². The van der Waals surface area contributed by atoms with E-state index in [1.165, 1.54) is 0 Å². The average molecular weight is 516 g/mol. The Morgan fingerprint density at radius 3 is 2.49 bits per heavy atom. The van der Waals surface area contributed by atoms with Gasteiger partial charge in [-0.3, -0.25) is 9.69 Å². The summed E-state index contributed by atoms with van der Waals surface area (Å²) < 4.78 is 37.0. The molecular weight excluding hydrogens is 481 g/mol. The first-order valence-electron chi connectivity index (χ1n) is 12.8. The lowest BCUT2D eigenvalue weighted by atomic mass is 10.0. The van der Waals surface area contributed by atoms with E-state index in [-0.39, 0.29) is 24.0 Å². The van der Waals surface area contributed by atoms with Crippen LogP contribution < -0.4 is 19.5 Å². The minimum absolute atomic E-state index is 0.0750. The number of rotatable bonds is 13. The largest absolute Gasteiger partial charge is 0.493 e. The fourth-order valence-electron chi connectivity index (χ4n) is 4.38. The van der Waals surface area contributed by atoms with Gasteiger partial charge in [0, 0.05) is 38.2 Å². The maximum Gasteiger partial charge on any atom is 0.303 e.